The van der Waals surface area contributed by atoms with Gasteiger partial charge in [-0.3, -0.25) is 23.9 Å². The van der Waals surface area contributed by atoms with Crippen LogP contribution in [0.3, 0.4) is 0 Å². The van der Waals surface area contributed by atoms with Crippen LogP contribution in [0.1, 0.15) is 0 Å². The molecule has 1 aromatic carbocycles. The third-order valence-corrected chi connectivity index (χ3v) is 4.47. The molecular formula is C19H20FN4O4. The van der Waals surface area contributed by atoms with Crippen LogP contribution in [0.5, 0.6) is 0 Å². The number of halogens is 1. The lowest BCUT2D eigenvalue weighted by molar-refractivity contribution is -0.123. The number of nitrogens with one attached hydrogen (secondary N) is 1. The summed E-state index contributed by atoms with van der Waals surface area (Å²) in [5.41, 5.74) is 5.37. The second-order valence-electron chi connectivity index (χ2n) is 6.36. The minimum atomic E-state index is -0.729. The van der Waals surface area contributed by atoms with Crippen LogP contribution in [0.2, 0.25) is 0 Å². The highest BCUT2D eigenvalue weighted by Crippen LogP contribution is 2.20. The van der Waals surface area contributed by atoms with Crippen LogP contribution < -0.4 is 16.6 Å². The van der Waals surface area contributed by atoms with E-state index in [9.17, 15) is 18.8 Å². The number of hydrogen-bond acceptors (Lipinski definition) is 5. The fourth-order valence-corrected chi connectivity index (χ4v) is 3.09. The summed E-state index contributed by atoms with van der Waals surface area (Å²) in [6, 6.07) is 7.94. The fraction of sp³-hybridized carbons (Fsp3) is 0.263. The number of likely N-dealkylation sites (tertiary alicyclic amines) is 1. The molecule has 2 atom stereocenters. The van der Waals surface area contributed by atoms with Crippen LogP contribution in [0, 0.1) is 12.2 Å². The lowest BCUT2D eigenvalue weighted by atomic mass is 10.2. The summed E-state index contributed by atoms with van der Waals surface area (Å²) in [6.07, 6.45) is 2.84. The van der Waals surface area contributed by atoms with Crippen molar-refractivity contribution in [2.75, 3.05) is 25.5 Å². The number of carbonyl (C=O) groups is 2. The molecule has 8 nitrogen and oxygen atoms in total. The van der Waals surface area contributed by atoms with Crippen molar-refractivity contribution in [3.05, 3.63) is 65.2 Å². The number of hydrogen-bond donors (Lipinski definition) is 2. The van der Waals surface area contributed by atoms with Gasteiger partial charge in [-0.2, -0.15) is 0 Å². The highest BCUT2D eigenvalue weighted by molar-refractivity contribution is 5.93. The van der Waals surface area contributed by atoms with E-state index in [0.29, 0.717) is 12.2 Å². The Kier molecular flexibility index (Phi) is 5.86. The van der Waals surface area contributed by atoms with Gasteiger partial charge in [0.25, 0.3) is 5.56 Å². The maximum Gasteiger partial charge on any atom is 0.255 e. The first-order valence-electron chi connectivity index (χ1n) is 8.57. The van der Waals surface area contributed by atoms with Gasteiger partial charge in [0, 0.05) is 38.4 Å². The number of primary amides is 1. The summed E-state index contributed by atoms with van der Waals surface area (Å²) in [7, 11) is 1.50. The predicted molar refractivity (Wildman–Crippen MR) is 100 cm³/mol. The fourth-order valence-electron chi connectivity index (χ4n) is 3.09. The molecule has 28 heavy (non-hydrogen) atoms. The Morgan fingerprint density at radius 2 is 2.11 bits per heavy atom. The van der Waals surface area contributed by atoms with Crippen molar-refractivity contribution in [1.82, 2.24) is 9.47 Å². The smallest absolute Gasteiger partial charge is 0.255 e. The van der Waals surface area contributed by atoms with Crippen LogP contribution in [0.15, 0.2) is 47.4 Å². The van der Waals surface area contributed by atoms with Crippen LogP contribution in [0.25, 0.3) is 5.69 Å². The number of nitrogens with two attached hydrogens (primary N) is 1. The molecule has 1 radical (unpaired) electrons. The number of aromatic nitrogens is 1. The molecule has 0 spiro atoms. The minimum Gasteiger partial charge on any atom is -0.380 e. The molecule has 1 aromatic heterocycles. The maximum atomic E-state index is 14.4. The first-order valence-corrected chi connectivity index (χ1v) is 8.57. The molecule has 9 heteroatoms. The Morgan fingerprint density at radius 3 is 2.75 bits per heavy atom. The maximum absolute atomic E-state index is 14.4. The third-order valence-electron chi connectivity index (χ3n) is 4.47. The molecule has 1 fully saturated rings. The highest BCUT2D eigenvalue weighted by atomic mass is 19.1. The Bertz CT molecular complexity index is 946. The van der Waals surface area contributed by atoms with E-state index in [0.717, 1.165) is 6.07 Å². The monoisotopic (exact) mass is 387 g/mol. The number of benzene rings is 1. The van der Waals surface area contributed by atoms with Gasteiger partial charge in [-0.1, -0.05) is 6.07 Å². The number of ether oxygens (including phenoxy) is 1. The normalized spacial score (nSPS) is 19.5. The zero-order chi connectivity index (χ0) is 20.3. The number of amides is 2. The van der Waals surface area contributed by atoms with Crippen molar-refractivity contribution < 1.29 is 18.7 Å². The standard InChI is InChI=1S/C19H20FN4O4/c1-28-13-9-16(19(21)27)23(10-13)11-17(25)22-15-6-5-12(8-14(15)20)24-7-3-2-4-18(24)26/h2-9,13,16H,10-11H2,1H3,(H2,21,27)(H,22,25)/t13-,16?/m0/s1. The van der Waals surface area contributed by atoms with Crippen molar-refractivity contribution in [3.63, 3.8) is 0 Å². The van der Waals surface area contributed by atoms with E-state index >= 15 is 0 Å². The molecule has 147 valence electrons. The lowest BCUT2D eigenvalue weighted by Gasteiger charge is -2.20. The first-order chi connectivity index (χ1) is 13.4. The molecule has 1 saturated heterocycles. The zero-order valence-electron chi connectivity index (χ0n) is 15.2. The number of rotatable bonds is 6. The molecule has 1 unspecified atom stereocenters. The van der Waals surface area contributed by atoms with Gasteiger partial charge in [-0.15, -0.1) is 0 Å². The van der Waals surface area contributed by atoms with E-state index < -0.39 is 23.7 Å². The van der Waals surface area contributed by atoms with Crippen molar-refractivity contribution in [2.24, 2.45) is 5.73 Å². The van der Waals surface area contributed by atoms with Gasteiger partial charge in [0.1, 0.15) is 5.82 Å². The number of methoxy groups -OCH3 is 1. The van der Waals surface area contributed by atoms with Gasteiger partial charge in [0.05, 0.1) is 30.1 Å². The summed E-state index contributed by atoms with van der Waals surface area (Å²) < 4.78 is 20.9. The van der Waals surface area contributed by atoms with Crippen LogP contribution in [-0.2, 0) is 14.3 Å². The highest BCUT2D eigenvalue weighted by Gasteiger charge is 2.37. The Labute approximate surface area is 160 Å². The van der Waals surface area contributed by atoms with Gasteiger partial charge >= 0.3 is 0 Å². The molecule has 1 aliphatic heterocycles. The summed E-state index contributed by atoms with van der Waals surface area (Å²) in [5.74, 6) is -1.77. The third kappa shape index (κ3) is 4.26. The van der Waals surface area contributed by atoms with Crippen molar-refractivity contribution >= 4 is 17.5 Å². The van der Waals surface area contributed by atoms with E-state index in [-0.39, 0.29) is 23.9 Å². The summed E-state index contributed by atoms with van der Waals surface area (Å²) >= 11 is 0. The van der Waals surface area contributed by atoms with Crippen LogP contribution in [-0.4, -0.2) is 53.6 Å². The summed E-state index contributed by atoms with van der Waals surface area (Å²) in [4.78, 5) is 37.2. The van der Waals surface area contributed by atoms with Gasteiger partial charge in [0.15, 0.2) is 0 Å². The molecule has 1 aliphatic rings. The number of nitrogens with zero attached hydrogens (tertiary/aromatic N) is 2. The minimum absolute atomic E-state index is 0.0279. The molecular weight excluding hydrogens is 367 g/mol. The number of anilines is 1. The zero-order valence-corrected chi connectivity index (χ0v) is 15.2. The number of carbonyl (C=O) groups excluding carboxylic acids is 2. The second kappa shape index (κ2) is 8.32. The molecule has 0 aliphatic carbocycles. The molecule has 0 saturated carbocycles. The van der Waals surface area contributed by atoms with Gasteiger partial charge in [0.2, 0.25) is 11.8 Å². The van der Waals surface area contributed by atoms with E-state index in [4.69, 9.17) is 10.5 Å². The van der Waals surface area contributed by atoms with E-state index in [1.54, 1.807) is 23.5 Å². The largest absolute Gasteiger partial charge is 0.380 e. The average molecular weight is 387 g/mol. The van der Waals surface area contributed by atoms with Crippen LogP contribution >= 0.6 is 0 Å². The van der Waals surface area contributed by atoms with Crippen molar-refractivity contribution in [1.29, 1.82) is 0 Å². The molecule has 2 heterocycles. The van der Waals surface area contributed by atoms with Gasteiger partial charge in [-0.25, -0.2) is 4.39 Å². The quantitative estimate of drug-likeness (QED) is 0.742. The predicted octanol–water partition coefficient (Wildman–Crippen LogP) is 0.304. The summed E-state index contributed by atoms with van der Waals surface area (Å²) in [6.45, 7) is 0.180. The Morgan fingerprint density at radius 1 is 1.32 bits per heavy atom. The Balaban J connectivity index is 1.70. The molecule has 0 bridgehead atoms. The van der Waals surface area contributed by atoms with Gasteiger partial charge < -0.3 is 15.8 Å². The first kappa shape index (κ1) is 19.7. The Hall–Kier alpha value is -3.04. The number of pyridine rings is 1. The van der Waals surface area contributed by atoms with Crippen molar-refractivity contribution in [3.8, 4) is 5.69 Å². The summed E-state index contributed by atoms with van der Waals surface area (Å²) in [5, 5.41) is 2.47. The van der Waals surface area contributed by atoms with E-state index in [2.05, 4.69) is 5.32 Å². The molecule has 3 N–H and O–H groups in total. The van der Waals surface area contributed by atoms with Crippen LogP contribution in [0.4, 0.5) is 10.1 Å². The lowest BCUT2D eigenvalue weighted by Crippen LogP contribution is -2.44. The van der Waals surface area contributed by atoms with E-state index in [1.807, 2.05) is 0 Å². The topological polar surface area (TPSA) is 107 Å². The van der Waals surface area contributed by atoms with Gasteiger partial charge in [-0.05, 0) is 18.2 Å². The van der Waals surface area contributed by atoms with Crippen molar-refractivity contribution in [2.45, 2.75) is 12.1 Å². The second-order valence-corrected chi connectivity index (χ2v) is 6.36. The average Bonchev–Trinajstić information content (AvgIpc) is 3.07. The molecule has 2 amide bonds. The molecule has 2 aromatic rings. The van der Waals surface area contributed by atoms with E-state index in [1.165, 1.54) is 36.1 Å². The molecule has 3 rings (SSSR count). The SMILES string of the molecule is CO[C@H]1[CH]C(C(N)=O)N(CC(=O)Nc2ccc(-n3ccccc3=O)cc2F)C1.